The number of nitrogens with one attached hydrogen (secondary N) is 1. The zero-order valence-electron chi connectivity index (χ0n) is 11.4. The van der Waals surface area contributed by atoms with Gasteiger partial charge in [-0.3, -0.25) is 0 Å². The van der Waals surface area contributed by atoms with E-state index in [1.165, 1.54) is 12.1 Å². The van der Waals surface area contributed by atoms with Crippen molar-refractivity contribution in [1.82, 2.24) is 4.98 Å². The summed E-state index contributed by atoms with van der Waals surface area (Å²) in [7, 11) is 0. The molecule has 1 heterocycles. The van der Waals surface area contributed by atoms with Crippen LogP contribution in [0.3, 0.4) is 0 Å². The lowest BCUT2D eigenvalue weighted by molar-refractivity contribution is 0.0696. The average Bonchev–Trinajstić information content (AvgIpc) is 2.43. The van der Waals surface area contributed by atoms with Gasteiger partial charge >= 0.3 is 5.97 Å². The van der Waals surface area contributed by atoms with E-state index in [2.05, 4.69) is 26.2 Å². The fourth-order valence-electron chi connectivity index (χ4n) is 1.88. The van der Waals surface area contributed by atoms with Gasteiger partial charge in [-0.25, -0.2) is 14.2 Å². The Kier molecular flexibility index (Phi) is 4.90. The number of carboxylic acid groups (broad SMARTS) is 1. The summed E-state index contributed by atoms with van der Waals surface area (Å²) in [6.07, 6.45) is 1.57. The fraction of sp³-hybridized carbons (Fsp3) is 0.200. The molecule has 21 heavy (non-hydrogen) atoms. The molecule has 0 aliphatic rings. The molecular weight excluding hydrogens is 339 g/mol. The van der Waals surface area contributed by atoms with Crippen molar-refractivity contribution in [3.63, 3.8) is 0 Å². The molecule has 0 aliphatic heterocycles. The van der Waals surface area contributed by atoms with E-state index < -0.39 is 5.97 Å². The van der Waals surface area contributed by atoms with Gasteiger partial charge in [0.1, 0.15) is 11.6 Å². The number of nitrogens with zero attached hydrogens (tertiary/aromatic N) is 1. The maximum absolute atomic E-state index is 13.2. The second-order valence-corrected chi connectivity index (χ2v) is 5.40. The van der Waals surface area contributed by atoms with E-state index in [9.17, 15) is 9.18 Å². The van der Waals surface area contributed by atoms with Crippen molar-refractivity contribution in [2.24, 2.45) is 0 Å². The van der Waals surface area contributed by atoms with Gasteiger partial charge in [0.25, 0.3) is 0 Å². The topological polar surface area (TPSA) is 62.2 Å². The predicted octanol–water partition coefficient (Wildman–Crippen LogP) is 4.38. The minimum absolute atomic E-state index is 0.178. The second-order valence-electron chi connectivity index (χ2n) is 4.54. The van der Waals surface area contributed by atoms with Crippen LogP contribution in [0.25, 0.3) is 0 Å². The Morgan fingerprint density at radius 3 is 2.76 bits per heavy atom. The van der Waals surface area contributed by atoms with Crippen LogP contribution < -0.4 is 5.32 Å². The normalized spacial score (nSPS) is 10.4. The van der Waals surface area contributed by atoms with Gasteiger partial charge in [0, 0.05) is 11.4 Å². The first kappa shape index (κ1) is 15.4. The Bertz CT molecular complexity index is 677. The molecule has 1 aromatic heterocycles. The third-order valence-electron chi connectivity index (χ3n) is 2.82. The Balaban J connectivity index is 2.33. The predicted molar refractivity (Wildman–Crippen MR) is 82.6 cm³/mol. The minimum Gasteiger partial charge on any atom is -0.478 e. The monoisotopic (exact) mass is 352 g/mol. The quantitative estimate of drug-likeness (QED) is 0.838. The van der Waals surface area contributed by atoms with Gasteiger partial charge in [-0.1, -0.05) is 13.3 Å². The summed E-state index contributed by atoms with van der Waals surface area (Å²) in [5, 5.41) is 12.1. The lowest BCUT2D eigenvalue weighted by Crippen LogP contribution is -2.04. The smallest absolute Gasteiger partial charge is 0.335 e. The van der Waals surface area contributed by atoms with E-state index in [1.807, 2.05) is 6.92 Å². The number of carbonyl (C=O) groups is 1. The van der Waals surface area contributed by atoms with Gasteiger partial charge in [-0.15, -0.1) is 0 Å². The Hall–Kier alpha value is -1.95. The molecule has 0 fully saturated rings. The highest BCUT2D eigenvalue weighted by atomic mass is 79.9. The van der Waals surface area contributed by atoms with Crippen LogP contribution >= 0.6 is 15.9 Å². The molecule has 1 aromatic carbocycles. The largest absolute Gasteiger partial charge is 0.478 e. The highest BCUT2D eigenvalue weighted by molar-refractivity contribution is 9.10. The molecule has 110 valence electrons. The minimum atomic E-state index is -1.00. The number of hydrogen-bond donors (Lipinski definition) is 2. The number of carboxylic acids is 1. The van der Waals surface area contributed by atoms with Crippen molar-refractivity contribution >= 4 is 33.4 Å². The lowest BCUT2D eigenvalue weighted by Gasteiger charge is -2.09. The van der Waals surface area contributed by atoms with E-state index in [0.29, 0.717) is 28.1 Å². The molecule has 0 spiro atoms. The highest BCUT2D eigenvalue weighted by Crippen LogP contribution is 2.23. The lowest BCUT2D eigenvalue weighted by atomic mass is 10.1. The summed E-state index contributed by atoms with van der Waals surface area (Å²) in [6.45, 7) is 2.00. The number of hydrogen-bond acceptors (Lipinski definition) is 3. The molecule has 2 aromatic rings. The number of benzene rings is 1. The van der Waals surface area contributed by atoms with E-state index in [0.717, 1.165) is 6.42 Å². The third kappa shape index (κ3) is 4.01. The first-order valence-electron chi connectivity index (χ1n) is 6.46. The van der Waals surface area contributed by atoms with Crippen molar-refractivity contribution in [1.29, 1.82) is 0 Å². The van der Waals surface area contributed by atoms with Crippen molar-refractivity contribution in [2.75, 3.05) is 5.32 Å². The number of aromatic nitrogens is 1. The van der Waals surface area contributed by atoms with Crippen LogP contribution in [-0.2, 0) is 6.42 Å². The molecule has 0 amide bonds. The SMILES string of the molecule is CCCc1cc(C(=O)O)cc(Nc2ccc(F)c(Br)c2)n1. The molecule has 0 saturated carbocycles. The summed E-state index contributed by atoms with van der Waals surface area (Å²) >= 11 is 3.11. The number of halogens is 2. The molecule has 0 saturated heterocycles. The Morgan fingerprint density at radius 2 is 2.14 bits per heavy atom. The molecule has 0 atom stereocenters. The van der Waals surface area contributed by atoms with Crippen LogP contribution in [0.1, 0.15) is 29.4 Å². The maximum atomic E-state index is 13.2. The van der Waals surface area contributed by atoms with Crippen LogP contribution in [0.15, 0.2) is 34.8 Å². The summed E-state index contributed by atoms with van der Waals surface area (Å²) in [4.78, 5) is 15.5. The number of pyridine rings is 1. The molecule has 6 heteroatoms. The van der Waals surface area contributed by atoms with Crippen molar-refractivity contribution in [3.05, 3.63) is 51.9 Å². The summed E-state index contributed by atoms with van der Waals surface area (Å²) in [6, 6.07) is 7.48. The molecule has 0 bridgehead atoms. The summed E-state index contributed by atoms with van der Waals surface area (Å²) in [5.74, 6) is -0.936. The fourth-order valence-corrected chi connectivity index (χ4v) is 2.26. The maximum Gasteiger partial charge on any atom is 0.335 e. The van der Waals surface area contributed by atoms with Gasteiger partial charge < -0.3 is 10.4 Å². The van der Waals surface area contributed by atoms with Crippen molar-refractivity contribution in [2.45, 2.75) is 19.8 Å². The second kappa shape index (κ2) is 6.67. The zero-order valence-corrected chi connectivity index (χ0v) is 12.9. The van der Waals surface area contributed by atoms with Crippen LogP contribution in [-0.4, -0.2) is 16.1 Å². The van der Waals surface area contributed by atoms with Gasteiger partial charge in [0.15, 0.2) is 0 Å². The molecule has 0 unspecified atom stereocenters. The highest BCUT2D eigenvalue weighted by Gasteiger charge is 2.09. The first-order valence-corrected chi connectivity index (χ1v) is 7.25. The molecule has 4 nitrogen and oxygen atoms in total. The molecule has 2 rings (SSSR count). The van der Waals surface area contributed by atoms with Crippen LogP contribution in [0.5, 0.6) is 0 Å². The van der Waals surface area contributed by atoms with Gasteiger partial charge in [0.2, 0.25) is 0 Å². The number of aromatic carboxylic acids is 1. The van der Waals surface area contributed by atoms with Gasteiger partial charge in [-0.2, -0.15) is 0 Å². The van der Waals surface area contributed by atoms with E-state index >= 15 is 0 Å². The van der Waals surface area contributed by atoms with Crippen LogP contribution in [0, 0.1) is 5.82 Å². The average molecular weight is 353 g/mol. The van der Waals surface area contributed by atoms with Crippen molar-refractivity contribution in [3.8, 4) is 0 Å². The van der Waals surface area contributed by atoms with E-state index in [-0.39, 0.29) is 11.4 Å². The Labute approximate surface area is 130 Å². The standard InChI is InChI=1S/C15H14BrFN2O2/c1-2-3-10-6-9(15(20)21)7-14(18-10)19-11-4-5-13(17)12(16)8-11/h4-8H,2-3H2,1H3,(H,18,19)(H,20,21). The number of aryl methyl sites for hydroxylation is 1. The van der Waals surface area contributed by atoms with Crippen LogP contribution in [0.4, 0.5) is 15.9 Å². The number of rotatable bonds is 5. The molecule has 0 aliphatic carbocycles. The summed E-state index contributed by atoms with van der Waals surface area (Å²) < 4.78 is 13.5. The molecule has 2 N–H and O–H groups in total. The van der Waals surface area contributed by atoms with E-state index in [1.54, 1.807) is 18.2 Å². The van der Waals surface area contributed by atoms with Crippen LogP contribution in [0.2, 0.25) is 0 Å². The van der Waals surface area contributed by atoms with Gasteiger partial charge in [0.05, 0.1) is 10.0 Å². The molecule has 0 radical (unpaired) electrons. The first-order chi connectivity index (χ1) is 9.99. The van der Waals surface area contributed by atoms with E-state index in [4.69, 9.17) is 5.11 Å². The Morgan fingerprint density at radius 1 is 1.38 bits per heavy atom. The zero-order chi connectivity index (χ0) is 15.4. The molecular formula is C15H14BrFN2O2. The van der Waals surface area contributed by atoms with Gasteiger partial charge in [-0.05, 0) is 52.7 Å². The number of anilines is 2. The summed E-state index contributed by atoms with van der Waals surface area (Å²) in [5.41, 5.74) is 1.51. The van der Waals surface area contributed by atoms with Crippen molar-refractivity contribution < 1.29 is 14.3 Å². The third-order valence-corrected chi connectivity index (χ3v) is 3.43.